The number of hydrogen-bond donors (Lipinski definition) is 0. The molecule has 0 unspecified atom stereocenters. The molecule has 1 aromatic carbocycles. The van der Waals surface area contributed by atoms with Crippen molar-refractivity contribution in [3.8, 4) is 0 Å². The van der Waals surface area contributed by atoms with E-state index in [-0.39, 0.29) is 38.5 Å². The second kappa shape index (κ2) is 10.4. The van der Waals surface area contributed by atoms with Crippen LogP contribution in [0.2, 0.25) is 0 Å². The molecule has 1 heterocycles. The van der Waals surface area contributed by atoms with Crippen molar-refractivity contribution in [1.82, 2.24) is 9.55 Å². The van der Waals surface area contributed by atoms with E-state index >= 15 is 0 Å². The molecule has 0 spiro atoms. The smallest absolute Gasteiger partial charge is 0.128 e. The van der Waals surface area contributed by atoms with Gasteiger partial charge in [-0.2, -0.15) is 0 Å². The van der Waals surface area contributed by atoms with Crippen LogP contribution in [0.3, 0.4) is 0 Å². The zero-order valence-corrected chi connectivity index (χ0v) is 15.4. The van der Waals surface area contributed by atoms with E-state index in [1.165, 1.54) is 17.7 Å². The minimum atomic E-state index is -0.0989. The Kier molecular flexibility index (Phi) is 9.76. The maximum atomic E-state index is 11.5. The molecule has 0 aliphatic heterocycles. The van der Waals surface area contributed by atoms with Gasteiger partial charge in [0.2, 0.25) is 0 Å². The van der Waals surface area contributed by atoms with Gasteiger partial charge in [0, 0.05) is 39.0 Å². The van der Waals surface area contributed by atoms with Crippen LogP contribution in [0.25, 0.3) is 18.4 Å². The molecule has 0 aliphatic rings. The Morgan fingerprint density at radius 1 is 1.24 bits per heavy atom. The van der Waals surface area contributed by atoms with Crippen molar-refractivity contribution in [1.29, 1.82) is 0 Å². The molecule has 0 aliphatic carbocycles. The molecule has 1 aromatic heterocycles. The molecular weight excluding hydrogens is 337 g/mol. The van der Waals surface area contributed by atoms with Crippen molar-refractivity contribution in [3.05, 3.63) is 60.2 Å². The Morgan fingerprint density at radius 3 is 2.38 bits per heavy atom. The molecule has 0 bridgehead atoms. The molecule has 0 saturated carbocycles. The van der Waals surface area contributed by atoms with Crippen LogP contribution in [-0.2, 0) is 32.7 Å². The van der Waals surface area contributed by atoms with Crippen molar-refractivity contribution in [3.63, 3.8) is 0 Å². The number of carbonyl (C=O) groups is 1. The first-order valence-corrected chi connectivity index (χ1v) is 6.51. The Labute approximate surface area is 151 Å². The van der Waals surface area contributed by atoms with Crippen LogP contribution in [-0.4, -0.2) is 15.3 Å². The molecular formula is C17H18N2OY-2. The van der Waals surface area contributed by atoms with E-state index in [9.17, 15) is 4.79 Å². The summed E-state index contributed by atoms with van der Waals surface area (Å²) in [4.78, 5) is 15.6. The molecule has 3 nitrogen and oxygen atoms in total. The second-order valence-electron chi connectivity index (χ2n) is 3.76. The quantitative estimate of drug-likeness (QED) is 0.614. The van der Waals surface area contributed by atoms with Crippen LogP contribution in [0.4, 0.5) is 0 Å². The van der Waals surface area contributed by atoms with Gasteiger partial charge in [-0.25, -0.2) is 0 Å². The average molecular weight is 355 g/mol. The van der Waals surface area contributed by atoms with Crippen molar-refractivity contribution in [2.24, 2.45) is 0 Å². The van der Waals surface area contributed by atoms with Gasteiger partial charge in [-0.1, -0.05) is 56.3 Å². The summed E-state index contributed by atoms with van der Waals surface area (Å²) in [5.41, 5.74) is 2.04. The number of carbonyl (C=O) groups excluding carboxylic acids is 1. The molecule has 1 radical (unpaired) electrons. The van der Waals surface area contributed by atoms with E-state index in [2.05, 4.69) is 11.3 Å². The molecule has 0 saturated heterocycles. The first-order chi connectivity index (χ1) is 9.72. The van der Waals surface area contributed by atoms with Gasteiger partial charge < -0.3 is 20.9 Å². The van der Waals surface area contributed by atoms with Crippen LogP contribution in [0.5, 0.6) is 0 Å². The first-order valence-electron chi connectivity index (χ1n) is 6.51. The Morgan fingerprint density at radius 2 is 1.86 bits per heavy atom. The predicted molar refractivity (Wildman–Crippen MR) is 82.8 cm³/mol. The maximum absolute atomic E-state index is 11.5. The standard InChI is InChI=1S/C15H12N2O.C2H6.Y/c1-3-17-11-16-14(15(17)12(2)18)10-9-13-7-5-4-6-8-13;1-2;/h1,3-10H,2H3;1-2H3;/q-2;;/b10-9+;;. The average Bonchev–Trinajstić information content (AvgIpc) is 2.91. The summed E-state index contributed by atoms with van der Waals surface area (Å²) in [6.07, 6.45) is 7.60. The molecule has 0 amide bonds. The van der Waals surface area contributed by atoms with Gasteiger partial charge in [0.15, 0.2) is 0 Å². The zero-order chi connectivity index (χ0) is 15.0. The largest absolute Gasteiger partial charge is 0.551 e. The summed E-state index contributed by atoms with van der Waals surface area (Å²) in [6.45, 7) is 10.9. The van der Waals surface area contributed by atoms with Crippen LogP contribution < -0.4 is 0 Å². The van der Waals surface area contributed by atoms with Gasteiger partial charge in [0.25, 0.3) is 0 Å². The molecule has 2 rings (SSSR count). The van der Waals surface area contributed by atoms with E-state index in [0.717, 1.165) is 5.56 Å². The summed E-state index contributed by atoms with van der Waals surface area (Å²) in [5, 5.41) is 0. The van der Waals surface area contributed by atoms with Gasteiger partial charge >= 0.3 is 0 Å². The minimum Gasteiger partial charge on any atom is -0.551 e. The molecule has 0 atom stereocenters. The van der Waals surface area contributed by atoms with E-state index in [1.54, 1.807) is 6.08 Å². The number of aromatic nitrogens is 2. The number of nitrogens with zero attached hydrogens (tertiary/aromatic N) is 2. The maximum Gasteiger partial charge on any atom is 0.128 e. The Bertz CT molecular complexity index is 601. The molecule has 107 valence electrons. The van der Waals surface area contributed by atoms with Gasteiger partial charge in [0.05, 0.1) is 0 Å². The number of rotatable bonds is 4. The summed E-state index contributed by atoms with van der Waals surface area (Å²) in [5.74, 6) is -0.0989. The van der Waals surface area contributed by atoms with Crippen molar-refractivity contribution >= 4 is 24.1 Å². The van der Waals surface area contributed by atoms with Crippen LogP contribution in [0.1, 0.15) is 42.5 Å². The third-order valence-corrected chi connectivity index (χ3v) is 2.48. The summed E-state index contributed by atoms with van der Waals surface area (Å²) in [6, 6.07) is 9.79. The fourth-order valence-electron chi connectivity index (χ4n) is 1.65. The summed E-state index contributed by atoms with van der Waals surface area (Å²) in [7, 11) is 0. The van der Waals surface area contributed by atoms with Crippen molar-refractivity contribution < 1.29 is 37.5 Å². The second-order valence-corrected chi connectivity index (χ2v) is 3.76. The number of hydrogen-bond acceptors (Lipinski definition) is 2. The zero-order valence-electron chi connectivity index (χ0n) is 12.6. The number of imidazole rings is 1. The number of Topliss-reactive ketones (excluding diaryl/α,β-unsaturated/α-hetero) is 1. The minimum absolute atomic E-state index is 0. The summed E-state index contributed by atoms with van der Waals surface area (Å²) < 4.78 is 1.40. The normalized spacial score (nSPS) is 9.48. The SMILES string of the molecule is CC.[CH-]=Cn1[c-]nc(/C=C/c2ccccc2)c1C(C)=O.[Y]. The topological polar surface area (TPSA) is 34.9 Å². The molecule has 2 aromatic rings. The van der Waals surface area contributed by atoms with E-state index in [0.29, 0.717) is 11.4 Å². The van der Waals surface area contributed by atoms with Gasteiger partial charge in [-0.3, -0.25) is 6.20 Å². The fourth-order valence-corrected chi connectivity index (χ4v) is 1.65. The third kappa shape index (κ3) is 5.52. The predicted octanol–water partition coefficient (Wildman–Crippen LogP) is 3.98. The van der Waals surface area contributed by atoms with E-state index in [4.69, 9.17) is 6.58 Å². The molecule has 0 fully saturated rings. The summed E-state index contributed by atoms with van der Waals surface area (Å²) >= 11 is 0. The molecule has 21 heavy (non-hydrogen) atoms. The van der Waals surface area contributed by atoms with Gasteiger partial charge in [-0.15, -0.1) is 0 Å². The third-order valence-electron chi connectivity index (χ3n) is 2.48. The number of ketones is 1. The van der Waals surface area contributed by atoms with E-state index in [1.807, 2.05) is 50.3 Å². The Hall–Kier alpha value is -1.32. The van der Waals surface area contributed by atoms with Gasteiger partial charge in [-0.05, 0) is 23.9 Å². The molecule has 4 heteroatoms. The Balaban J connectivity index is 0.00000128. The first kappa shape index (κ1) is 19.7. The van der Waals surface area contributed by atoms with Crippen LogP contribution in [0.15, 0.2) is 30.3 Å². The van der Waals surface area contributed by atoms with Crippen LogP contribution in [0, 0.1) is 12.9 Å². The van der Waals surface area contributed by atoms with E-state index < -0.39 is 0 Å². The van der Waals surface area contributed by atoms with Crippen molar-refractivity contribution in [2.45, 2.75) is 20.8 Å². The fraction of sp³-hybridized carbons (Fsp3) is 0.176. The van der Waals surface area contributed by atoms with Gasteiger partial charge in [0.1, 0.15) is 5.78 Å². The monoisotopic (exact) mass is 355 g/mol. The number of benzene rings is 1. The van der Waals surface area contributed by atoms with Crippen LogP contribution >= 0.6 is 0 Å². The van der Waals surface area contributed by atoms with Crippen molar-refractivity contribution in [2.75, 3.05) is 0 Å². The molecule has 0 N–H and O–H groups in total.